The maximum atomic E-state index is 11.7. The van der Waals surface area contributed by atoms with E-state index in [1.807, 2.05) is 6.07 Å². The summed E-state index contributed by atoms with van der Waals surface area (Å²) in [6.07, 6.45) is 1.47. The van der Waals surface area contributed by atoms with Gasteiger partial charge in [0.05, 0.1) is 20.9 Å². The first kappa shape index (κ1) is 13.2. The molecule has 0 aliphatic carbocycles. The van der Waals surface area contributed by atoms with E-state index in [9.17, 15) is 4.79 Å². The third-order valence-electron chi connectivity index (χ3n) is 4.32. The van der Waals surface area contributed by atoms with Gasteiger partial charge in [-0.2, -0.15) is 0 Å². The van der Waals surface area contributed by atoms with Gasteiger partial charge in [-0.25, -0.2) is 0 Å². The highest BCUT2D eigenvalue weighted by Gasteiger charge is 2.37. The molecule has 108 valence electrons. The van der Waals surface area contributed by atoms with E-state index in [1.54, 1.807) is 14.2 Å². The van der Waals surface area contributed by atoms with Gasteiger partial charge in [0.15, 0.2) is 11.5 Å². The minimum atomic E-state index is 0.112. The molecule has 0 spiro atoms. The van der Waals surface area contributed by atoms with Crippen LogP contribution in [0.25, 0.3) is 0 Å². The van der Waals surface area contributed by atoms with Crippen molar-refractivity contribution in [3.8, 4) is 11.5 Å². The molecular formula is C15H20N2O3. The van der Waals surface area contributed by atoms with E-state index < -0.39 is 0 Å². The molecule has 2 aliphatic heterocycles. The van der Waals surface area contributed by atoms with Crippen molar-refractivity contribution in [1.29, 1.82) is 0 Å². The molecule has 1 aromatic carbocycles. The molecule has 1 amide bonds. The molecule has 0 radical (unpaired) electrons. The predicted octanol–water partition coefficient (Wildman–Crippen LogP) is 1.47. The van der Waals surface area contributed by atoms with Crippen LogP contribution in [-0.4, -0.2) is 37.7 Å². The van der Waals surface area contributed by atoms with Gasteiger partial charge in [0.1, 0.15) is 0 Å². The lowest BCUT2D eigenvalue weighted by Gasteiger charge is -2.44. The molecule has 5 nitrogen and oxygen atoms in total. The summed E-state index contributed by atoms with van der Waals surface area (Å²) < 4.78 is 10.8. The second-order valence-corrected chi connectivity index (χ2v) is 5.45. The molecule has 0 unspecified atom stereocenters. The fourth-order valence-corrected chi connectivity index (χ4v) is 3.27. The van der Waals surface area contributed by atoms with Crippen LogP contribution in [0.5, 0.6) is 11.5 Å². The molecule has 0 aromatic heterocycles. The molecular weight excluding hydrogens is 256 g/mol. The van der Waals surface area contributed by atoms with E-state index in [4.69, 9.17) is 9.47 Å². The molecule has 0 bridgehead atoms. The Kier molecular flexibility index (Phi) is 3.30. The van der Waals surface area contributed by atoms with E-state index in [2.05, 4.69) is 23.2 Å². The molecule has 1 fully saturated rings. The van der Waals surface area contributed by atoms with Gasteiger partial charge in [0, 0.05) is 18.5 Å². The number of methoxy groups -OCH3 is 2. The topological polar surface area (TPSA) is 50.8 Å². The van der Waals surface area contributed by atoms with Crippen molar-refractivity contribution in [2.24, 2.45) is 0 Å². The van der Waals surface area contributed by atoms with Crippen molar-refractivity contribution < 1.29 is 14.3 Å². The number of hydrogen-bond donors (Lipinski definition) is 1. The Morgan fingerprint density at radius 2 is 1.90 bits per heavy atom. The Hall–Kier alpha value is -1.75. The molecule has 20 heavy (non-hydrogen) atoms. The lowest BCUT2D eigenvalue weighted by atomic mass is 9.86. The Bertz CT molecular complexity index is 544. The Balaban J connectivity index is 2.07. The highest BCUT2D eigenvalue weighted by Crippen LogP contribution is 2.41. The van der Waals surface area contributed by atoms with Gasteiger partial charge in [-0.3, -0.25) is 9.69 Å². The average Bonchev–Trinajstić information content (AvgIpc) is 2.46. The van der Waals surface area contributed by atoms with Gasteiger partial charge in [-0.05, 0) is 36.6 Å². The van der Waals surface area contributed by atoms with Gasteiger partial charge in [0.25, 0.3) is 0 Å². The molecule has 1 N–H and O–H groups in total. The number of nitrogens with zero attached hydrogens (tertiary/aromatic N) is 1. The van der Waals surface area contributed by atoms with Crippen molar-refractivity contribution in [1.82, 2.24) is 10.2 Å². The van der Waals surface area contributed by atoms with Crippen LogP contribution in [0.15, 0.2) is 12.1 Å². The summed E-state index contributed by atoms with van der Waals surface area (Å²) in [6, 6.07) is 4.62. The van der Waals surface area contributed by atoms with Gasteiger partial charge in [0.2, 0.25) is 5.91 Å². The molecule has 5 heteroatoms. The van der Waals surface area contributed by atoms with E-state index in [-0.39, 0.29) is 11.9 Å². The monoisotopic (exact) mass is 276 g/mol. The number of ether oxygens (including phenoxy) is 2. The first-order valence-corrected chi connectivity index (χ1v) is 6.91. The number of carbonyl (C=O) groups excluding carboxylic acids is 1. The van der Waals surface area contributed by atoms with Crippen molar-refractivity contribution in [3.05, 3.63) is 23.3 Å². The second-order valence-electron chi connectivity index (χ2n) is 5.45. The lowest BCUT2D eigenvalue weighted by Crippen LogP contribution is -2.53. The summed E-state index contributed by atoms with van der Waals surface area (Å²) >= 11 is 0. The third kappa shape index (κ3) is 2.02. The van der Waals surface area contributed by atoms with Crippen molar-refractivity contribution in [2.45, 2.75) is 31.8 Å². The number of rotatable bonds is 2. The quantitative estimate of drug-likeness (QED) is 0.888. The highest BCUT2D eigenvalue weighted by molar-refractivity contribution is 5.78. The summed E-state index contributed by atoms with van der Waals surface area (Å²) in [4.78, 5) is 14.1. The predicted molar refractivity (Wildman–Crippen MR) is 74.9 cm³/mol. The maximum Gasteiger partial charge on any atom is 0.222 e. The zero-order chi connectivity index (χ0) is 14.3. The number of benzene rings is 1. The van der Waals surface area contributed by atoms with Crippen LogP contribution in [-0.2, 0) is 11.2 Å². The number of carbonyl (C=O) groups is 1. The molecule has 3 rings (SSSR count). The fraction of sp³-hybridized carbons (Fsp3) is 0.533. The second kappa shape index (κ2) is 4.98. The minimum Gasteiger partial charge on any atom is -0.493 e. The van der Waals surface area contributed by atoms with Crippen molar-refractivity contribution in [3.63, 3.8) is 0 Å². The summed E-state index contributed by atoms with van der Waals surface area (Å²) in [5.41, 5.74) is 2.45. The summed E-state index contributed by atoms with van der Waals surface area (Å²) in [7, 11) is 3.29. The van der Waals surface area contributed by atoms with Crippen LogP contribution in [0.2, 0.25) is 0 Å². The maximum absolute atomic E-state index is 11.7. The van der Waals surface area contributed by atoms with E-state index in [0.29, 0.717) is 19.1 Å². The molecule has 1 saturated heterocycles. The molecule has 1 aromatic rings. The van der Waals surface area contributed by atoms with Crippen LogP contribution in [0.4, 0.5) is 0 Å². The zero-order valence-corrected chi connectivity index (χ0v) is 12.1. The van der Waals surface area contributed by atoms with Crippen LogP contribution < -0.4 is 14.8 Å². The Morgan fingerprint density at radius 1 is 1.20 bits per heavy atom. The van der Waals surface area contributed by atoms with Crippen molar-refractivity contribution in [2.75, 3.05) is 20.9 Å². The lowest BCUT2D eigenvalue weighted by molar-refractivity contribution is -0.127. The summed E-state index contributed by atoms with van der Waals surface area (Å²) in [6.45, 7) is 2.82. The Morgan fingerprint density at radius 3 is 2.60 bits per heavy atom. The molecule has 2 aliphatic rings. The third-order valence-corrected chi connectivity index (χ3v) is 4.32. The van der Waals surface area contributed by atoms with Crippen LogP contribution >= 0.6 is 0 Å². The zero-order valence-electron chi connectivity index (χ0n) is 12.1. The number of nitrogens with one attached hydrogen (secondary N) is 1. The standard InChI is InChI=1S/C15H20N2O3/c1-9-4-10-5-13(19-2)14(20-3)6-11(10)12-7-15(18)16-8-17(9)12/h5-6,9,12H,4,7-8H2,1-3H3,(H,16,18)/t9-,12-/m0/s1. The number of amides is 1. The molecule has 2 heterocycles. The van der Waals surface area contributed by atoms with Crippen LogP contribution in [0.1, 0.15) is 30.5 Å². The summed E-state index contributed by atoms with van der Waals surface area (Å²) in [5.74, 6) is 1.60. The van der Waals surface area contributed by atoms with Crippen LogP contribution in [0.3, 0.4) is 0 Å². The minimum absolute atomic E-state index is 0.112. The van der Waals surface area contributed by atoms with E-state index in [1.165, 1.54) is 11.1 Å². The SMILES string of the molecule is COc1cc2c(cc1OC)[C@@H]1CC(=O)NCN1[C@@H](C)C2. The highest BCUT2D eigenvalue weighted by atomic mass is 16.5. The van der Waals surface area contributed by atoms with Gasteiger partial charge in [-0.15, -0.1) is 0 Å². The van der Waals surface area contributed by atoms with Crippen LogP contribution in [0, 0.1) is 0 Å². The van der Waals surface area contributed by atoms with E-state index >= 15 is 0 Å². The number of hydrogen-bond acceptors (Lipinski definition) is 4. The smallest absolute Gasteiger partial charge is 0.222 e. The van der Waals surface area contributed by atoms with Crippen molar-refractivity contribution >= 4 is 5.91 Å². The molecule has 0 saturated carbocycles. The largest absolute Gasteiger partial charge is 0.493 e. The van der Waals surface area contributed by atoms with Gasteiger partial charge >= 0.3 is 0 Å². The first-order valence-electron chi connectivity index (χ1n) is 6.91. The average molecular weight is 276 g/mol. The number of fused-ring (bicyclic) bond motifs is 3. The van der Waals surface area contributed by atoms with E-state index in [0.717, 1.165) is 17.9 Å². The molecule has 2 atom stereocenters. The normalized spacial score (nSPS) is 25.4. The first-order chi connectivity index (χ1) is 9.63. The van der Waals surface area contributed by atoms with Gasteiger partial charge < -0.3 is 14.8 Å². The van der Waals surface area contributed by atoms with Gasteiger partial charge in [-0.1, -0.05) is 0 Å². The Labute approximate surface area is 118 Å². The fourth-order valence-electron chi connectivity index (χ4n) is 3.27. The summed E-state index contributed by atoms with van der Waals surface area (Å²) in [5, 5.41) is 2.92.